The average molecular weight is 367 g/mol. The van der Waals surface area contributed by atoms with Crippen LogP contribution in [0.15, 0.2) is 53.3 Å². The van der Waals surface area contributed by atoms with Crippen molar-refractivity contribution in [2.24, 2.45) is 0 Å². The standard InChI is InChI=1S/C20H16BF2NO3/c1-12-8-18(27-11-14-4-5-15(22)9-17(14)23)19(21)20(26)24(12)16-6-2-13(10-25)3-7-16/h2-9,25H,10-11H2,1H3. The van der Waals surface area contributed by atoms with Gasteiger partial charge in [0.05, 0.1) is 6.61 Å². The molecular formula is C20H16BF2NO3. The normalized spacial score (nSPS) is 10.8. The Balaban J connectivity index is 1.91. The molecule has 0 aliphatic rings. The van der Waals surface area contributed by atoms with Crippen LogP contribution in [0.1, 0.15) is 16.8 Å². The summed E-state index contributed by atoms with van der Waals surface area (Å²) in [5.74, 6) is -1.28. The lowest BCUT2D eigenvalue weighted by Gasteiger charge is -2.16. The number of rotatable bonds is 5. The second kappa shape index (κ2) is 7.76. The summed E-state index contributed by atoms with van der Waals surface area (Å²) in [6.45, 7) is 1.43. The molecule has 0 fully saturated rings. The van der Waals surface area contributed by atoms with Crippen LogP contribution in [0.2, 0.25) is 0 Å². The van der Waals surface area contributed by atoms with E-state index in [-0.39, 0.29) is 30.0 Å². The van der Waals surface area contributed by atoms with Crippen LogP contribution >= 0.6 is 0 Å². The van der Waals surface area contributed by atoms with Crippen LogP contribution in [0.4, 0.5) is 8.78 Å². The fourth-order valence-electron chi connectivity index (χ4n) is 2.70. The smallest absolute Gasteiger partial charge is 0.251 e. The minimum Gasteiger partial charge on any atom is -0.489 e. The van der Waals surface area contributed by atoms with Crippen LogP contribution in [-0.4, -0.2) is 17.5 Å². The Hall–Kier alpha value is -2.93. The topological polar surface area (TPSA) is 51.5 Å². The summed E-state index contributed by atoms with van der Waals surface area (Å²) in [6.07, 6.45) is 0. The zero-order valence-corrected chi connectivity index (χ0v) is 14.6. The fraction of sp³-hybridized carbons (Fsp3) is 0.150. The number of ether oxygens (including phenoxy) is 1. The first kappa shape index (κ1) is 18.9. The zero-order chi connectivity index (χ0) is 19.6. The average Bonchev–Trinajstić information content (AvgIpc) is 2.65. The van der Waals surface area contributed by atoms with E-state index in [0.717, 1.165) is 17.7 Å². The fourth-order valence-corrected chi connectivity index (χ4v) is 2.70. The lowest BCUT2D eigenvalue weighted by molar-refractivity contribution is 0.282. The number of benzene rings is 2. The van der Waals surface area contributed by atoms with Gasteiger partial charge in [0.1, 0.15) is 31.8 Å². The van der Waals surface area contributed by atoms with Crippen molar-refractivity contribution >= 4 is 13.3 Å². The highest BCUT2D eigenvalue weighted by Gasteiger charge is 2.13. The van der Waals surface area contributed by atoms with Crippen LogP contribution in [0.3, 0.4) is 0 Å². The number of aliphatic hydroxyl groups excluding tert-OH is 1. The highest BCUT2D eigenvalue weighted by molar-refractivity contribution is 6.34. The van der Waals surface area contributed by atoms with Gasteiger partial charge in [0.15, 0.2) is 0 Å². The first-order chi connectivity index (χ1) is 12.9. The molecule has 1 N–H and O–H groups in total. The Morgan fingerprint density at radius 1 is 1.11 bits per heavy atom. The molecule has 7 heteroatoms. The summed E-state index contributed by atoms with van der Waals surface area (Å²) in [4.78, 5) is 12.7. The van der Waals surface area contributed by atoms with E-state index in [0.29, 0.717) is 11.4 Å². The van der Waals surface area contributed by atoms with Gasteiger partial charge in [-0.25, -0.2) is 8.78 Å². The highest BCUT2D eigenvalue weighted by Crippen LogP contribution is 2.16. The molecule has 0 atom stereocenters. The van der Waals surface area contributed by atoms with E-state index in [1.807, 2.05) is 0 Å². The van der Waals surface area contributed by atoms with Gasteiger partial charge in [-0.15, -0.1) is 0 Å². The van der Waals surface area contributed by atoms with Gasteiger partial charge < -0.3 is 9.84 Å². The molecule has 0 aliphatic carbocycles. The van der Waals surface area contributed by atoms with E-state index in [9.17, 15) is 13.6 Å². The predicted octanol–water partition coefficient (Wildman–Crippen LogP) is 2.29. The number of hydrogen-bond acceptors (Lipinski definition) is 3. The molecule has 3 rings (SSSR count). The largest absolute Gasteiger partial charge is 0.489 e. The van der Waals surface area contributed by atoms with Crippen LogP contribution < -0.4 is 15.8 Å². The van der Waals surface area contributed by atoms with Gasteiger partial charge in [-0.3, -0.25) is 9.36 Å². The number of hydrogen-bond donors (Lipinski definition) is 1. The van der Waals surface area contributed by atoms with Crippen molar-refractivity contribution in [3.05, 3.63) is 87.3 Å². The van der Waals surface area contributed by atoms with Crippen molar-refractivity contribution in [2.45, 2.75) is 20.1 Å². The Bertz CT molecular complexity index is 1030. The monoisotopic (exact) mass is 367 g/mol. The van der Waals surface area contributed by atoms with Gasteiger partial charge in [0.2, 0.25) is 0 Å². The van der Waals surface area contributed by atoms with Gasteiger partial charge in [-0.1, -0.05) is 12.1 Å². The Morgan fingerprint density at radius 3 is 2.44 bits per heavy atom. The number of aliphatic hydroxyl groups is 1. The maximum atomic E-state index is 13.7. The molecule has 27 heavy (non-hydrogen) atoms. The van der Waals surface area contributed by atoms with E-state index in [1.165, 1.54) is 10.6 Å². The molecule has 1 aromatic heterocycles. The van der Waals surface area contributed by atoms with Gasteiger partial charge in [0, 0.05) is 28.5 Å². The molecule has 0 unspecified atom stereocenters. The summed E-state index contributed by atoms with van der Waals surface area (Å²) in [6, 6.07) is 11.6. The first-order valence-electron chi connectivity index (χ1n) is 8.19. The molecule has 136 valence electrons. The quantitative estimate of drug-likeness (QED) is 0.705. The van der Waals surface area contributed by atoms with Crippen LogP contribution in [-0.2, 0) is 13.2 Å². The molecule has 0 aliphatic heterocycles. The molecule has 3 aromatic rings. The van der Waals surface area contributed by atoms with Crippen LogP contribution in [0.5, 0.6) is 5.75 Å². The van der Waals surface area contributed by atoms with Crippen molar-refractivity contribution < 1.29 is 18.6 Å². The van der Waals surface area contributed by atoms with E-state index in [1.54, 1.807) is 37.3 Å². The molecule has 0 saturated heterocycles. The third-order valence-corrected chi connectivity index (χ3v) is 4.17. The molecule has 0 spiro atoms. The predicted molar refractivity (Wildman–Crippen MR) is 98.8 cm³/mol. The van der Waals surface area contributed by atoms with Crippen molar-refractivity contribution in [1.82, 2.24) is 4.57 Å². The van der Waals surface area contributed by atoms with Gasteiger partial charge in [-0.2, -0.15) is 0 Å². The van der Waals surface area contributed by atoms with E-state index >= 15 is 0 Å². The summed E-state index contributed by atoms with van der Waals surface area (Å²) < 4.78 is 33.6. The van der Waals surface area contributed by atoms with Crippen molar-refractivity contribution in [3.8, 4) is 11.4 Å². The molecule has 4 nitrogen and oxygen atoms in total. The molecular weight excluding hydrogens is 351 g/mol. The Kier molecular flexibility index (Phi) is 5.42. The minimum atomic E-state index is -0.734. The molecule has 0 bridgehead atoms. The van der Waals surface area contributed by atoms with E-state index in [4.69, 9.17) is 17.7 Å². The Labute approximate surface area is 156 Å². The third-order valence-electron chi connectivity index (χ3n) is 4.17. The summed E-state index contributed by atoms with van der Waals surface area (Å²) in [5, 5.41) is 9.12. The second-order valence-electron chi connectivity index (χ2n) is 6.05. The van der Waals surface area contributed by atoms with Crippen molar-refractivity contribution in [2.75, 3.05) is 0 Å². The number of aromatic nitrogens is 1. The zero-order valence-electron chi connectivity index (χ0n) is 14.6. The van der Waals surface area contributed by atoms with Crippen molar-refractivity contribution in [3.63, 3.8) is 0 Å². The maximum Gasteiger partial charge on any atom is 0.251 e. The molecule has 1 heterocycles. The number of aryl methyl sites for hydroxylation is 1. The summed E-state index contributed by atoms with van der Waals surface area (Å²) in [5.41, 5.74) is 1.45. The first-order valence-corrected chi connectivity index (χ1v) is 8.19. The summed E-state index contributed by atoms with van der Waals surface area (Å²) >= 11 is 0. The van der Waals surface area contributed by atoms with E-state index in [2.05, 4.69) is 0 Å². The third kappa shape index (κ3) is 3.93. The minimum absolute atomic E-state index is 0.0942. The maximum absolute atomic E-state index is 13.7. The number of halogens is 2. The van der Waals surface area contributed by atoms with Gasteiger partial charge in [-0.05, 0) is 42.8 Å². The van der Waals surface area contributed by atoms with Gasteiger partial charge >= 0.3 is 0 Å². The lowest BCUT2D eigenvalue weighted by Crippen LogP contribution is -2.36. The Morgan fingerprint density at radius 2 is 1.81 bits per heavy atom. The molecule has 0 amide bonds. The second-order valence-corrected chi connectivity index (χ2v) is 6.05. The highest BCUT2D eigenvalue weighted by atomic mass is 19.1. The van der Waals surface area contributed by atoms with Gasteiger partial charge in [0.25, 0.3) is 5.56 Å². The van der Waals surface area contributed by atoms with Crippen molar-refractivity contribution in [1.29, 1.82) is 0 Å². The number of pyridine rings is 1. The van der Waals surface area contributed by atoms with Crippen LogP contribution in [0.25, 0.3) is 5.69 Å². The molecule has 0 saturated carbocycles. The summed E-state index contributed by atoms with van der Waals surface area (Å²) in [7, 11) is 5.92. The lowest BCUT2D eigenvalue weighted by atomic mass is 9.96. The number of nitrogens with zero attached hydrogens (tertiary/aromatic N) is 1. The SMILES string of the molecule is [B]c1c(OCc2ccc(F)cc2F)cc(C)n(-c2ccc(CO)cc2)c1=O. The van der Waals surface area contributed by atoms with E-state index < -0.39 is 17.2 Å². The molecule has 2 radical (unpaired) electrons. The van der Waals surface area contributed by atoms with Crippen LogP contribution in [0, 0.1) is 18.6 Å². The molecule has 2 aromatic carbocycles.